The fourth-order valence-electron chi connectivity index (χ4n) is 1.85. The van der Waals surface area contributed by atoms with Crippen molar-refractivity contribution in [1.82, 2.24) is 10.0 Å². The minimum atomic E-state index is -3.69. The van der Waals surface area contributed by atoms with E-state index in [1.807, 2.05) is 0 Å². The predicted octanol–water partition coefficient (Wildman–Crippen LogP) is 3.36. The summed E-state index contributed by atoms with van der Waals surface area (Å²) >= 11 is 17.5. The number of amides is 1. The molecule has 5 nitrogen and oxygen atoms in total. The molecule has 0 heterocycles. The van der Waals surface area contributed by atoms with E-state index in [-0.39, 0.29) is 28.6 Å². The molecule has 2 N–H and O–H groups in total. The number of benzene rings is 2. The van der Waals surface area contributed by atoms with Crippen molar-refractivity contribution in [2.75, 3.05) is 13.1 Å². The monoisotopic (exact) mass is 406 g/mol. The average Bonchev–Trinajstić information content (AvgIpc) is 2.53. The van der Waals surface area contributed by atoms with Crippen molar-refractivity contribution in [2.24, 2.45) is 0 Å². The van der Waals surface area contributed by atoms with Crippen molar-refractivity contribution in [2.45, 2.75) is 4.90 Å². The Labute approximate surface area is 155 Å². The van der Waals surface area contributed by atoms with Gasteiger partial charge in [0.2, 0.25) is 10.0 Å². The van der Waals surface area contributed by atoms with Gasteiger partial charge in [0.15, 0.2) is 0 Å². The lowest BCUT2D eigenvalue weighted by Gasteiger charge is -2.09. The molecule has 0 saturated carbocycles. The summed E-state index contributed by atoms with van der Waals surface area (Å²) in [7, 11) is -3.69. The average molecular weight is 408 g/mol. The van der Waals surface area contributed by atoms with Gasteiger partial charge in [0.1, 0.15) is 0 Å². The molecule has 0 atom stereocenters. The molecule has 0 aliphatic heterocycles. The summed E-state index contributed by atoms with van der Waals surface area (Å²) in [5, 5.41) is 3.53. The highest BCUT2D eigenvalue weighted by Crippen LogP contribution is 2.20. The van der Waals surface area contributed by atoms with Crippen LogP contribution in [0.5, 0.6) is 0 Å². The van der Waals surface area contributed by atoms with E-state index in [2.05, 4.69) is 10.0 Å². The van der Waals surface area contributed by atoms with Gasteiger partial charge < -0.3 is 5.32 Å². The Bertz CT molecular complexity index is 857. The van der Waals surface area contributed by atoms with E-state index in [4.69, 9.17) is 34.8 Å². The number of carbonyl (C=O) groups excluding carboxylic acids is 1. The standard InChI is InChI=1S/C15H13Cl3N2O3S/c16-10-2-1-3-12(8-10)24(22,23)20-7-6-19-15(21)13-9-11(17)4-5-14(13)18/h1-5,8-9,20H,6-7H2,(H,19,21). The molecule has 1 amide bonds. The van der Waals surface area contributed by atoms with Crippen LogP contribution in [0.4, 0.5) is 0 Å². The zero-order valence-electron chi connectivity index (χ0n) is 12.2. The van der Waals surface area contributed by atoms with Crippen LogP contribution in [-0.4, -0.2) is 27.4 Å². The van der Waals surface area contributed by atoms with Crippen LogP contribution in [0.25, 0.3) is 0 Å². The molecule has 0 saturated heterocycles. The molecule has 0 aliphatic carbocycles. The number of carbonyl (C=O) groups is 1. The van der Waals surface area contributed by atoms with Crippen molar-refractivity contribution < 1.29 is 13.2 Å². The molecule has 0 unspecified atom stereocenters. The number of hydrogen-bond donors (Lipinski definition) is 2. The molecule has 2 aromatic rings. The summed E-state index contributed by atoms with van der Waals surface area (Å²) in [6.07, 6.45) is 0. The number of hydrogen-bond acceptors (Lipinski definition) is 3. The zero-order chi connectivity index (χ0) is 17.7. The van der Waals surface area contributed by atoms with Gasteiger partial charge in [-0.05, 0) is 36.4 Å². The highest BCUT2D eigenvalue weighted by molar-refractivity contribution is 7.89. The van der Waals surface area contributed by atoms with Gasteiger partial charge in [0.25, 0.3) is 5.91 Å². The first-order valence-electron chi connectivity index (χ1n) is 6.78. The van der Waals surface area contributed by atoms with E-state index >= 15 is 0 Å². The SMILES string of the molecule is O=C(NCCNS(=O)(=O)c1cccc(Cl)c1)c1cc(Cl)ccc1Cl. The Morgan fingerprint density at radius 3 is 2.38 bits per heavy atom. The minimum Gasteiger partial charge on any atom is -0.351 e. The van der Waals surface area contributed by atoms with Crippen LogP contribution in [0.1, 0.15) is 10.4 Å². The second-order valence-electron chi connectivity index (χ2n) is 4.74. The van der Waals surface area contributed by atoms with Crippen LogP contribution in [0.3, 0.4) is 0 Å². The molecule has 24 heavy (non-hydrogen) atoms. The molecule has 0 aliphatic rings. The summed E-state index contributed by atoms with van der Waals surface area (Å²) in [4.78, 5) is 12.1. The Morgan fingerprint density at radius 1 is 0.958 bits per heavy atom. The predicted molar refractivity (Wildman–Crippen MR) is 95.4 cm³/mol. The zero-order valence-corrected chi connectivity index (χ0v) is 15.3. The van der Waals surface area contributed by atoms with Gasteiger partial charge in [-0.3, -0.25) is 4.79 Å². The first-order valence-corrected chi connectivity index (χ1v) is 9.40. The third kappa shape index (κ3) is 5.09. The summed E-state index contributed by atoms with van der Waals surface area (Å²) in [6, 6.07) is 10.4. The number of nitrogens with one attached hydrogen (secondary N) is 2. The minimum absolute atomic E-state index is 0.0127. The molecular weight excluding hydrogens is 395 g/mol. The number of rotatable bonds is 6. The Kier molecular flexibility index (Phi) is 6.48. The fourth-order valence-corrected chi connectivity index (χ4v) is 3.55. The van der Waals surface area contributed by atoms with Crippen molar-refractivity contribution in [1.29, 1.82) is 0 Å². The van der Waals surface area contributed by atoms with Crippen LogP contribution >= 0.6 is 34.8 Å². The quantitative estimate of drug-likeness (QED) is 0.721. The molecule has 0 bridgehead atoms. The van der Waals surface area contributed by atoms with Crippen LogP contribution in [0.2, 0.25) is 15.1 Å². The van der Waals surface area contributed by atoms with Crippen LogP contribution in [0, 0.1) is 0 Å². The van der Waals surface area contributed by atoms with Crippen molar-refractivity contribution >= 4 is 50.7 Å². The molecule has 2 aromatic carbocycles. The molecule has 0 aromatic heterocycles. The lowest BCUT2D eigenvalue weighted by Crippen LogP contribution is -2.34. The largest absolute Gasteiger partial charge is 0.351 e. The van der Waals surface area contributed by atoms with E-state index < -0.39 is 15.9 Å². The van der Waals surface area contributed by atoms with E-state index in [1.165, 1.54) is 24.3 Å². The van der Waals surface area contributed by atoms with Gasteiger partial charge in [-0.15, -0.1) is 0 Å². The summed E-state index contributed by atoms with van der Waals surface area (Å²) in [5.74, 6) is -0.440. The molecule has 2 rings (SSSR count). The smallest absolute Gasteiger partial charge is 0.252 e. The van der Waals surface area contributed by atoms with Gasteiger partial charge in [-0.1, -0.05) is 40.9 Å². The third-order valence-electron chi connectivity index (χ3n) is 2.98. The first kappa shape index (κ1) is 19.0. The van der Waals surface area contributed by atoms with E-state index in [0.29, 0.717) is 10.0 Å². The normalized spacial score (nSPS) is 11.3. The third-order valence-corrected chi connectivity index (χ3v) is 5.24. The van der Waals surface area contributed by atoms with Gasteiger partial charge in [0, 0.05) is 23.1 Å². The lowest BCUT2D eigenvalue weighted by atomic mass is 10.2. The highest BCUT2D eigenvalue weighted by atomic mass is 35.5. The second-order valence-corrected chi connectivity index (χ2v) is 7.78. The molecule has 128 valence electrons. The maximum Gasteiger partial charge on any atom is 0.252 e. The Hall–Kier alpha value is -1.31. The Morgan fingerprint density at radius 2 is 1.67 bits per heavy atom. The first-order chi connectivity index (χ1) is 11.3. The Balaban J connectivity index is 1.90. The van der Waals surface area contributed by atoms with Crippen LogP contribution in [-0.2, 0) is 10.0 Å². The van der Waals surface area contributed by atoms with Crippen molar-refractivity contribution in [3.63, 3.8) is 0 Å². The number of halogens is 3. The summed E-state index contributed by atoms with van der Waals surface area (Å²) < 4.78 is 26.5. The summed E-state index contributed by atoms with van der Waals surface area (Å²) in [5.41, 5.74) is 0.224. The van der Waals surface area contributed by atoms with Crippen LogP contribution in [0.15, 0.2) is 47.4 Å². The fraction of sp³-hybridized carbons (Fsp3) is 0.133. The molecule has 0 fully saturated rings. The van der Waals surface area contributed by atoms with Gasteiger partial charge in [-0.2, -0.15) is 0 Å². The van der Waals surface area contributed by atoms with Gasteiger partial charge in [0.05, 0.1) is 15.5 Å². The van der Waals surface area contributed by atoms with Crippen molar-refractivity contribution in [3.05, 3.63) is 63.1 Å². The molecular formula is C15H13Cl3N2O3S. The highest BCUT2D eigenvalue weighted by Gasteiger charge is 2.14. The van der Waals surface area contributed by atoms with E-state index in [9.17, 15) is 13.2 Å². The maximum atomic E-state index is 12.1. The van der Waals surface area contributed by atoms with Crippen molar-refractivity contribution in [3.8, 4) is 0 Å². The second kappa shape index (κ2) is 8.18. The number of sulfonamides is 1. The maximum absolute atomic E-state index is 12.1. The molecule has 0 spiro atoms. The van der Waals surface area contributed by atoms with Crippen LogP contribution < -0.4 is 10.0 Å². The molecule has 0 radical (unpaired) electrons. The summed E-state index contributed by atoms with van der Waals surface area (Å²) in [6.45, 7) is 0.0975. The van der Waals surface area contributed by atoms with Gasteiger partial charge >= 0.3 is 0 Å². The van der Waals surface area contributed by atoms with E-state index in [0.717, 1.165) is 0 Å². The molecule has 9 heteroatoms. The lowest BCUT2D eigenvalue weighted by molar-refractivity contribution is 0.0954. The van der Waals surface area contributed by atoms with Gasteiger partial charge in [-0.25, -0.2) is 13.1 Å². The van der Waals surface area contributed by atoms with E-state index in [1.54, 1.807) is 18.2 Å². The topological polar surface area (TPSA) is 75.3 Å².